The van der Waals surface area contributed by atoms with E-state index in [2.05, 4.69) is 51.5 Å². The number of pyridine rings is 1. The van der Waals surface area contributed by atoms with Gasteiger partial charge in [-0.1, -0.05) is 18.2 Å². The number of amides is 1. The van der Waals surface area contributed by atoms with Gasteiger partial charge in [-0.2, -0.15) is 0 Å². The van der Waals surface area contributed by atoms with E-state index < -0.39 is 0 Å². The second-order valence-electron chi connectivity index (χ2n) is 10.9. The molecule has 0 saturated carbocycles. The number of carbonyl (C=O) groups is 1. The van der Waals surface area contributed by atoms with Crippen molar-refractivity contribution in [1.82, 2.24) is 14.3 Å². The van der Waals surface area contributed by atoms with E-state index in [0.717, 1.165) is 102 Å². The number of aromatic nitrogens is 2. The Kier molecular flexibility index (Phi) is 7.16. The number of rotatable bonds is 6. The summed E-state index contributed by atoms with van der Waals surface area (Å²) < 4.78 is 9.35. The predicted octanol–water partition coefficient (Wildman–Crippen LogP) is 5.38. The van der Waals surface area contributed by atoms with Gasteiger partial charge in [0, 0.05) is 88.4 Å². The maximum Gasteiger partial charge on any atom is 0.259 e. The maximum atomic E-state index is 13.1. The molecule has 3 aromatic heterocycles. The fraction of sp³-hybridized carbons (Fsp3) is 0.344. The van der Waals surface area contributed by atoms with Gasteiger partial charge < -0.3 is 15.0 Å². The molecule has 0 bridgehead atoms. The van der Waals surface area contributed by atoms with E-state index in [1.807, 2.05) is 12.1 Å². The van der Waals surface area contributed by atoms with E-state index in [9.17, 15) is 9.59 Å². The number of anilines is 2. The highest BCUT2D eigenvalue weighted by Crippen LogP contribution is 2.41. The fourth-order valence-electron chi connectivity index (χ4n) is 6.00. The summed E-state index contributed by atoms with van der Waals surface area (Å²) in [5.41, 5.74) is 3.42. The molecule has 7 rings (SSSR count). The quantitative estimate of drug-likeness (QED) is 0.297. The summed E-state index contributed by atoms with van der Waals surface area (Å²) in [6.07, 6.45) is 5.73. The summed E-state index contributed by atoms with van der Waals surface area (Å²) in [4.78, 5) is 35.4. The van der Waals surface area contributed by atoms with Gasteiger partial charge in [0.1, 0.15) is 11.5 Å². The van der Waals surface area contributed by atoms with Gasteiger partial charge in [-0.3, -0.25) is 18.9 Å². The molecular weight excluding hydrogens is 534 g/mol. The van der Waals surface area contributed by atoms with Crippen LogP contribution in [0.4, 0.5) is 11.5 Å². The number of benzene rings is 2. The number of carbonyl (C=O) groups excluding carboxylic acids is 1. The molecule has 9 heteroatoms. The molecule has 0 radical (unpaired) electrons. The molecular formula is C32H33N5O3S. The van der Waals surface area contributed by atoms with Crippen LogP contribution in [0.1, 0.15) is 25.7 Å². The van der Waals surface area contributed by atoms with E-state index in [1.54, 1.807) is 28.0 Å². The minimum Gasteiger partial charge on any atom is -0.379 e. The second kappa shape index (κ2) is 11.2. The lowest BCUT2D eigenvalue weighted by Crippen LogP contribution is -2.38. The van der Waals surface area contributed by atoms with Crippen molar-refractivity contribution in [1.29, 1.82) is 0 Å². The van der Waals surface area contributed by atoms with Crippen molar-refractivity contribution in [3.8, 4) is 11.1 Å². The number of nitrogens with zero attached hydrogens (tertiary/aromatic N) is 4. The Labute approximate surface area is 242 Å². The normalized spacial score (nSPS) is 16.5. The van der Waals surface area contributed by atoms with E-state index >= 15 is 0 Å². The Morgan fingerprint density at radius 1 is 0.927 bits per heavy atom. The lowest BCUT2D eigenvalue weighted by atomic mass is 10.0. The molecule has 41 heavy (non-hydrogen) atoms. The third-order valence-electron chi connectivity index (χ3n) is 8.19. The zero-order valence-corrected chi connectivity index (χ0v) is 23.8. The number of hydrogen-bond acceptors (Lipinski definition) is 7. The average molecular weight is 568 g/mol. The van der Waals surface area contributed by atoms with Crippen molar-refractivity contribution in [2.45, 2.75) is 25.7 Å². The SMILES string of the molecule is O=C(CCN1CCOCC1)Nc1ccc2sc3c(-c4cccn5c(=O)cc(N6CCCCC6)nc45)cccc3c2c1. The van der Waals surface area contributed by atoms with Crippen LogP contribution in [0.15, 0.2) is 65.6 Å². The molecule has 2 fully saturated rings. The molecule has 5 aromatic rings. The Morgan fingerprint density at radius 2 is 1.76 bits per heavy atom. The molecule has 5 heterocycles. The van der Waals surface area contributed by atoms with E-state index in [4.69, 9.17) is 9.72 Å². The third kappa shape index (κ3) is 5.21. The first-order valence-corrected chi connectivity index (χ1v) is 15.3. The molecule has 0 atom stereocenters. The zero-order chi connectivity index (χ0) is 27.8. The van der Waals surface area contributed by atoms with Crippen LogP contribution in [0.3, 0.4) is 0 Å². The van der Waals surface area contributed by atoms with Crippen LogP contribution in [0.25, 0.3) is 36.9 Å². The second-order valence-corrected chi connectivity index (χ2v) is 11.9. The first-order chi connectivity index (χ1) is 20.1. The van der Waals surface area contributed by atoms with E-state index in [0.29, 0.717) is 12.1 Å². The largest absolute Gasteiger partial charge is 0.379 e. The Balaban J connectivity index is 1.23. The molecule has 1 amide bonds. The lowest BCUT2D eigenvalue weighted by molar-refractivity contribution is -0.116. The van der Waals surface area contributed by atoms with Crippen LogP contribution in [0.2, 0.25) is 0 Å². The number of nitrogens with one attached hydrogen (secondary N) is 1. The predicted molar refractivity (Wildman–Crippen MR) is 166 cm³/mol. The lowest BCUT2D eigenvalue weighted by Gasteiger charge is -2.27. The fourth-order valence-corrected chi connectivity index (χ4v) is 7.22. The van der Waals surface area contributed by atoms with E-state index in [1.165, 1.54) is 6.42 Å². The van der Waals surface area contributed by atoms with Gasteiger partial charge in [0.25, 0.3) is 5.56 Å². The molecule has 2 saturated heterocycles. The Bertz CT molecular complexity index is 1800. The monoisotopic (exact) mass is 567 g/mol. The number of ether oxygens (including phenoxy) is 1. The molecule has 210 valence electrons. The van der Waals surface area contributed by atoms with Crippen molar-refractivity contribution < 1.29 is 9.53 Å². The van der Waals surface area contributed by atoms with Crippen molar-refractivity contribution in [3.05, 3.63) is 71.1 Å². The van der Waals surface area contributed by atoms with Crippen LogP contribution in [-0.4, -0.2) is 66.1 Å². The number of thiophene rings is 1. The topological polar surface area (TPSA) is 79.2 Å². The summed E-state index contributed by atoms with van der Waals surface area (Å²) in [7, 11) is 0. The minimum absolute atomic E-state index is 0.0212. The highest BCUT2D eigenvalue weighted by Gasteiger charge is 2.18. The number of piperidine rings is 1. The third-order valence-corrected chi connectivity index (χ3v) is 9.41. The van der Waals surface area contributed by atoms with Gasteiger partial charge in [0.15, 0.2) is 0 Å². The van der Waals surface area contributed by atoms with Gasteiger partial charge in [-0.05, 0) is 49.6 Å². The van der Waals surface area contributed by atoms with Crippen LogP contribution in [-0.2, 0) is 9.53 Å². The Hall–Kier alpha value is -3.79. The molecule has 2 aliphatic heterocycles. The van der Waals surface area contributed by atoms with E-state index in [-0.39, 0.29) is 11.5 Å². The number of morpholine rings is 1. The van der Waals surface area contributed by atoms with Crippen molar-refractivity contribution in [2.75, 3.05) is 56.2 Å². The van der Waals surface area contributed by atoms with Crippen LogP contribution in [0.5, 0.6) is 0 Å². The van der Waals surface area contributed by atoms with Crippen LogP contribution < -0.4 is 15.8 Å². The van der Waals surface area contributed by atoms with Gasteiger partial charge in [0.2, 0.25) is 5.91 Å². The minimum atomic E-state index is -0.0602. The van der Waals surface area contributed by atoms with Crippen LogP contribution >= 0.6 is 11.3 Å². The number of hydrogen-bond donors (Lipinski definition) is 1. The summed E-state index contributed by atoms with van der Waals surface area (Å²) in [6.45, 7) is 5.83. The standard InChI is InChI=1S/C32H33N5O3S/c38-29(11-15-35-16-18-40-19-17-35)33-22-9-10-27-26(20-22)24-7-4-6-23(31(24)41-27)25-8-5-14-37-30(39)21-28(34-32(25)37)36-12-2-1-3-13-36/h4-10,14,20-21H,1-3,11-13,15-19H2,(H,33,38). The van der Waals surface area contributed by atoms with Gasteiger partial charge in [-0.15, -0.1) is 11.3 Å². The Morgan fingerprint density at radius 3 is 2.61 bits per heavy atom. The van der Waals surface area contributed by atoms with Crippen molar-refractivity contribution in [2.24, 2.45) is 0 Å². The van der Waals surface area contributed by atoms with Crippen molar-refractivity contribution >= 4 is 54.6 Å². The summed E-state index contributed by atoms with van der Waals surface area (Å²) >= 11 is 1.73. The molecule has 2 aliphatic rings. The molecule has 8 nitrogen and oxygen atoms in total. The van der Waals surface area contributed by atoms with Crippen molar-refractivity contribution in [3.63, 3.8) is 0 Å². The summed E-state index contributed by atoms with van der Waals surface area (Å²) in [5, 5.41) is 5.33. The van der Waals surface area contributed by atoms with Crippen LogP contribution in [0, 0.1) is 0 Å². The molecule has 0 spiro atoms. The molecule has 2 aromatic carbocycles. The highest BCUT2D eigenvalue weighted by molar-refractivity contribution is 7.26. The first kappa shape index (κ1) is 26.1. The molecule has 1 N–H and O–H groups in total. The molecule has 0 aliphatic carbocycles. The summed E-state index contributed by atoms with van der Waals surface area (Å²) in [5.74, 6) is 0.785. The van der Waals surface area contributed by atoms with Gasteiger partial charge in [-0.25, -0.2) is 4.98 Å². The first-order valence-electron chi connectivity index (χ1n) is 14.5. The van der Waals surface area contributed by atoms with Gasteiger partial charge >= 0.3 is 0 Å². The summed E-state index contributed by atoms with van der Waals surface area (Å²) in [6, 6.07) is 18.1. The average Bonchev–Trinajstić information content (AvgIpc) is 3.39. The maximum absolute atomic E-state index is 13.1. The smallest absolute Gasteiger partial charge is 0.259 e. The highest BCUT2D eigenvalue weighted by atomic mass is 32.1. The molecule has 0 unspecified atom stereocenters. The number of fused-ring (bicyclic) bond motifs is 4. The van der Waals surface area contributed by atoms with Gasteiger partial charge in [0.05, 0.1) is 13.2 Å². The zero-order valence-electron chi connectivity index (χ0n) is 23.0.